The van der Waals surface area contributed by atoms with E-state index in [4.69, 9.17) is 16.3 Å². The normalized spacial score (nSPS) is 18.5. The van der Waals surface area contributed by atoms with Crippen molar-refractivity contribution in [1.29, 1.82) is 0 Å². The SMILES string of the molecule is CC(C)(C)NC(=O)C(c1c[nH]c2cc(Cl)ccc12)N1CCCCCCCCNC(=O)COCC1=O. The lowest BCUT2D eigenvalue weighted by atomic mass is 10.00. The maximum Gasteiger partial charge on any atom is 0.249 e. The number of hydrogen-bond donors (Lipinski definition) is 3. The lowest BCUT2D eigenvalue weighted by Crippen LogP contribution is -2.50. The van der Waals surface area contributed by atoms with Crippen molar-refractivity contribution in [1.82, 2.24) is 20.5 Å². The molecule has 2 aromatic rings. The summed E-state index contributed by atoms with van der Waals surface area (Å²) in [6, 6.07) is 4.58. The largest absolute Gasteiger partial charge is 0.362 e. The van der Waals surface area contributed by atoms with E-state index < -0.39 is 11.6 Å². The van der Waals surface area contributed by atoms with Crippen LogP contribution in [-0.2, 0) is 19.1 Å². The van der Waals surface area contributed by atoms with Gasteiger partial charge in [-0.15, -0.1) is 0 Å². The van der Waals surface area contributed by atoms with Crippen LogP contribution in [0.5, 0.6) is 0 Å². The van der Waals surface area contributed by atoms with E-state index in [0.717, 1.165) is 49.4 Å². The van der Waals surface area contributed by atoms with Crippen molar-refractivity contribution >= 4 is 40.2 Å². The molecule has 1 atom stereocenters. The Morgan fingerprint density at radius 3 is 2.54 bits per heavy atom. The van der Waals surface area contributed by atoms with Gasteiger partial charge in [0.1, 0.15) is 19.3 Å². The summed E-state index contributed by atoms with van der Waals surface area (Å²) in [4.78, 5) is 43.9. The lowest BCUT2D eigenvalue weighted by Gasteiger charge is -2.33. The molecule has 1 fully saturated rings. The molecule has 0 bridgehead atoms. The zero-order valence-electron chi connectivity index (χ0n) is 20.9. The van der Waals surface area contributed by atoms with Crippen LogP contribution in [-0.4, -0.2) is 59.4 Å². The molecule has 0 spiro atoms. The summed E-state index contributed by atoms with van der Waals surface area (Å²) in [6.07, 6.45) is 7.57. The van der Waals surface area contributed by atoms with E-state index in [1.165, 1.54) is 0 Å². The third-order valence-electron chi connectivity index (χ3n) is 5.96. The van der Waals surface area contributed by atoms with E-state index in [-0.39, 0.29) is 30.9 Å². The number of ether oxygens (including phenoxy) is 1. The predicted octanol–water partition coefficient (Wildman–Crippen LogP) is 4.09. The van der Waals surface area contributed by atoms with Crippen LogP contribution in [0.1, 0.15) is 70.9 Å². The van der Waals surface area contributed by atoms with Gasteiger partial charge in [0.05, 0.1) is 0 Å². The molecular weight excluding hydrogens is 468 g/mol. The number of amides is 3. The maximum absolute atomic E-state index is 13.6. The molecule has 1 unspecified atom stereocenters. The van der Waals surface area contributed by atoms with Gasteiger partial charge in [0.15, 0.2) is 0 Å². The number of rotatable bonds is 3. The first-order chi connectivity index (χ1) is 16.7. The summed E-state index contributed by atoms with van der Waals surface area (Å²) in [5.74, 6) is -0.836. The van der Waals surface area contributed by atoms with Crippen LogP contribution in [0.15, 0.2) is 24.4 Å². The molecule has 0 saturated carbocycles. The number of fused-ring (bicyclic) bond motifs is 1. The Morgan fingerprint density at radius 1 is 1.09 bits per heavy atom. The Morgan fingerprint density at radius 2 is 1.80 bits per heavy atom. The van der Waals surface area contributed by atoms with Gasteiger partial charge in [0, 0.05) is 46.3 Å². The highest BCUT2D eigenvalue weighted by Crippen LogP contribution is 2.31. The number of carbonyl (C=O) groups is 3. The summed E-state index contributed by atoms with van der Waals surface area (Å²) in [5.41, 5.74) is 1.01. The van der Waals surface area contributed by atoms with Crippen molar-refractivity contribution in [3.63, 3.8) is 0 Å². The molecule has 9 heteroatoms. The van der Waals surface area contributed by atoms with Gasteiger partial charge in [0.2, 0.25) is 17.7 Å². The monoisotopic (exact) mass is 504 g/mol. The number of H-pyrrole nitrogens is 1. The second-order valence-corrected chi connectivity index (χ2v) is 10.6. The molecule has 1 saturated heterocycles. The van der Waals surface area contributed by atoms with Crippen LogP contribution < -0.4 is 10.6 Å². The predicted molar refractivity (Wildman–Crippen MR) is 137 cm³/mol. The molecular formula is C26H37ClN4O4. The highest BCUT2D eigenvalue weighted by atomic mass is 35.5. The number of halogens is 1. The summed E-state index contributed by atoms with van der Waals surface area (Å²) in [7, 11) is 0. The van der Waals surface area contributed by atoms with Gasteiger partial charge in [-0.1, -0.05) is 43.4 Å². The van der Waals surface area contributed by atoms with E-state index in [1.807, 2.05) is 26.8 Å². The van der Waals surface area contributed by atoms with Gasteiger partial charge in [-0.2, -0.15) is 0 Å². The minimum atomic E-state index is -0.857. The second kappa shape index (κ2) is 12.4. The molecule has 8 nitrogen and oxygen atoms in total. The topological polar surface area (TPSA) is 104 Å². The lowest BCUT2D eigenvalue weighted by molar-refractivity contribution is -0.146. The smallest absolute Gasteiger partial charge is 0.249 e. The van der Waals surface area contributed by atoms with Gasteiger partial charge in [-0.25, -0.2) is 0 Å². The van der Waals surface area contributed by atoms with Crippen LogP contribution in [0.4, 0.5) is 0 Å². The Hall–Kier alpha value is -2.58. The van der Waals surface area contributed by atoms with E-state index in [0.29, 0.717) is 23.7 Å². The van der Waals surface area contributed by atoms with Crippen molar-refractivity contribution < 1.29 is 19.1 Å². The number of benzene rings is 1. The molecule has 1 aromatic carbocycles. The molecule has 1 aromatic heterocycles. The highest BCUT2D eigenvalue weighted by Gasteiger charge is 2.34. The molecule has 1 aliphatic heterocycles. The van der Waals surface area contributed by atoms with Crippen LogP contribution in [0.25, 0.3) is 10.9 Å². The van der Waals surface area contributed by atoms with E-state index >= 15 is 0 Å². The van der Waals surface area contributed by atoms with Crippen molar-refractivity contribution in [2.24, 2.45) is 0 Å². The van der Waals surface area contributed by atoms with Crippen LogP contribution >= 0.6 is 11.6 Å². The van der Waals surface area contributed by atoms with Crippen molar-refractivity contribution in [2.75, 3.05) is 26.3 Å². The second-order valence-electron chi connectivity index (χ2n) is 10.1. The van der Waals surface area contributed by atoms with Gasteiger partial charge in [-0.05, 0) is 45.7 Å². The highest BCUT2D eigenvalue weighted by molar-refractivity contribution is 6.31. The Bertz CT molecular complexity index is 1030. The Balaban J connectivity index is 1.95. The van der Waals surface area contributed by atoms with Crippen LogP contribution in [0.3, 0.4) is 0 Å². The van der Waals surface area contributed by atoms with Gasteiger partial charge < -0.3 is 25.3 Å². The zero-order valence-corrected chi connectivity index (χ0v) is 21.7. The summed E-state index contributed by atoms with van der Waals surface area (Å²) in [5, 5.41) is 7.28. The molecule has 35 heavy (non-hydrogen) atoms. The van der Waals surface area contributed by atoms with Crippen molar-refractivity contribution in [2.45, 2.75) is 70.9 Å². The number of nitrogens with one attached hydrogen (secondary N) is 3. The summed E-state index contributed by atoms with van der Waals surface area (Å²) >= 11 is 6.17. The van der Waals surface area contributed by atoms with Gasteiger partial charge in [-0.3, -0.25) is 14.4 Å². The molecule has 1 aliphatic rings. The average Bonchev–Trinajstić information content (AvgIpc) is 3.17. The van der Waals surface area contributed by atoms with E-state index in [9.17, 15) is 14.4 Å². The zero-order chi connectivity index (χ0) is 25.4. The molecule has 3 N–H and O–H groups in total. The van der Waals surface area contributed by atoms with Crippen LogP contribution in [0, 0.1) is 0 Å². The number of hydrogen-bond acceptors (Lipinski definition) is 4. The van der Waals surface area contributed by atoms with Crippen molar-refractivity contribution in [3.05, 3.63) is 35.0 Å². The minimum absolute atomic E-state index is 0.190. The number of carbonyl (C=O) groups excluding carboxylic acids is 3. The quantitative estimate of drug-likeness (QED) is 0.585. The number of aromatic amines is 1. The standard InChI is InChI=1S/C26H37ClN4O4/c1-26(2,3)30-25(34)24(20-15-29-21-14-18(27)10-11-19(20)21)31-13-9-7-5-4-6-8-12-28-22(32)16-35-17-23(31)33/h10-11,14-15,24,29H,4-9,12-13,16-17H2,1-3H3,(H,28,32)(H,30,34). The molecule has 2 heterocycles. The average molecular weight is 505 g/mol. The van der Waals surface area contributed by atoms with E-state index in [2.05, 4.69) is 15.6 Å². The third kappa shape index (κ3) is 7.97. The summed E-state index contributed by atoms with van der Waals surface area (Å²) < 4.78 is 5.46. The van der Waals surface area contributed by atoms with E-state index in [1.54, 1.807) is 23.2 Å². The Labute approximate surface area is 212 Å². The number of aromatic nitrogens is 1. The molecule has 3 amide bonds. The fourth-order valence-electron chi connectivity index (χ4n) is 4.34. The Kier molecular flexibility index (Phi) is 9.57. The fourth-order valence-corrected chi connectivity index (χ4v) is 4.51. The maximum atomic E-state index is 13.6. The first kappa shape index (κ1) is 27.0. The number of nitrogens with zero attached hydrogens (tertiary/aromatic N) is 1. The molecule has 3 rings (SSSR count). The fraction of sp³-hybridized carbons (Fsp3) is 0.577. The van der Waals surface area contributed by atoms with Crippen LogP contribution in [0.2, 0.25) is 5.02 Å². The van der Waals surface area contributed by atoms with Gasteiger partial charge in [0.25, 0.3) is 0 Å². The molecule has 0 aliphatic carbocycles. The van der Waals surface area contributed by atoms with Gasteiger partial charge >= 0.3 is 0 Å². The van der Waals surface area contributed by atoms with Crippen molar-refractivity contribution in [3.8, 4) is 0 Å². The third-order valence-corrected chi connectivity index (χ3v) is 6.19. The minimum Gasteiger partial charge on any atom is -0.362 e. The summed E-state index contributed by atoms with van der Waals surface area (Å²) in [6.45, 7) is 6.29. The molecule has 192 valence electrons. The molecule has 0 radical (unpaired) electrons. The first-order valence-corrected chi connectivity index (χ1v) is 12.8. The first-order valence-electron chi connectivity index (χ1n) is 12.4.